The average Bonchev–Trinajstić information content (AvgIpc) is 2.49. The van der Waals surface area contributed by atoms with E-state index in [2.05, 4.69) is 5.32 Å². The Morgan fingerprint density at radius 1 is 1.14 bits per heavy atom. The van der Waals surface area contributed by atoms with Gasteiger partial charge in [0, 0.05) is 13.0 Å². The van der Waals surface area contributed by atoms with Gasteiger partial charge < -0.3 is 20.5 Å². The third kappa shape index (κ3) is 9.15. The van der Waals surface area contributed by atoms with E-state index >= 15 is 0 Å². The second-order valence-electron chi connectivity index (χ2n) is 4.47. The van der Waals surface area contributed by atoms with Crippen molar-refractivity contribution in [2.45, 2.75) is 25.7 Å². The zero-order valence-electron chi connectivity index (χ0n) is 12.5. The molecule has 0 bridgehead atoms. The molecule has 120 valence electrons. The van der Waals surface area contributed by atoms with Crippen LogP contribution in [0.15, 0.2) is 24.3 Å². The number of hydrogen-bond acceptors (Lipinski definition) is 4. The van der Waals surface area contributed by atoms with Gasteiger partial charge in [-0.3, -0.25) is 4.79 Å². The second kappa shape index (κ2) is 12.3. The van der Waals surface area contributed by atoms with Crippen LogP contribution in [0, 0.1) is 0 Å². The highest BCUT2D eigenvalue weighted by atomic mass is 35.5. The fourth-order valence-electron chi connectivity index (χ4n) is 1.68. The fourth-order valence-corrected chi connectivity index (χ4v) is 1.68. The number of halogens is 1. The first-order valence-corrected chi connectivity index (χ1v) is 7.00. The van der Waals surface area contributed by atoms with Gasteiger partial charge in [-0.2, -0.15) is 0 Å². The fraction of sp³-hybridized carbons (Fsp3) is 0.533. The van der Waals surface area contributed by atoms with Gasteiger partial charge in [-0.05, 0) is 50.1 Å². The molecule has 3 N–H and O–H groups in total. The molecule has 0 unspecified atom stereocenters. The monoisotopic (exact) mass is 316 g/mol. The van der Waals surface area contributed by atoms with Crippen molar-refractivity contribution in [3.8, 4) is 11.5 Å². The van der Waals surface area contributed by atoms with Gasteiger partial charge in [0.05, 0.1) is 13.7 Å². The maximum Gasteiger partial charge on any atom is 0.220 e. The Labute approximate surface area is 132 Å². The number of carbonyl (C=O) groups excluding carboxylic acids is 1. The van der Waals surface area contributed by atoms with Crippen molar-refractivity contribution in [3.05, 3.63) is 24.3 Å². The minimum atomic E-state index is 0. The van der Waals surface area contributed by atoms with Gasteiger partial charge in [0.15, 0.2) is 0 Å². The summed E-state index contributed by atoms with van der Waals surface area (Å²) in [5.41, 5.74) is 5.38. The number of carbonyl (C=O) groups is 1. The van der Waals surface area contributed by atoms with E-state index < -0.39 is 0 Å². The van der Waals surface area contributed by atoms with Crippen molar-refractivity contribution < 1.29 is 14.3 Å². The highest BCUT2D eigenvalue weighted by Crippen LogP contribution is 2.17. The molecule has 1 aromatic rings. The third-order valence-electron chi connectivity index (χ3n) is 2.83. The Balaban J connectivity index is 0.00000400. The van der Waals surface area contributed by atoms with Crippen molar-refractivity contribution in [1.29, 1.82) is 0 Å². The summed E-state index contributed by atoms with van der Waals surface area (Å²) < 4.78 is 10.6. The lowest BCUT2D eigenvalue weighted by Crippen LogP contribution is -2.25. The standard InChI is InChI=1S/C15H24N2O3.ClH/c1-19-13-6-8-14(9-7-13)20-12-4-5-15(18)17-11-3-2-10-16;/h6-9H,2-5,10-12,16H2,1H3,(H,17,18);1H. The van der Waals surface area contributed by atoms with E-state index in [0.717, 1.165) is 24.3 Å². The molecule has 5 nitrogen and oxygen atoms in total. The molecule has 0 aliphatic heterocycles. The summed E-state index contributed by atoms with van der Waals surface area (Å²) in [4.78, 5) is 11.5. The van der Waals surface area contributed by atoms with Gasteiger partial charge in [-0.1, -0.05) is 0 Å². The van der Waals surface area contributed by atoms with E-state index in [1.165, 1.54) is 0 Å². The largest absolute Gasteiger partial charge is 0.497 e. The van der Waals surface area contributed by atoms with Crippen LogP contribution in [0.25, 0.3) is 0 Å². The maximum atomic E-state index is 11.5. The summed E-state index contributed by atoms with van der Waals surface area (Å²) in [6, 6.07) is 7.40. The molecule has 0 saturated carbocycles. The molecule has 0 atom stereocenters. The van der Waals surface area contributed by atoms with Gasteiger partial charge in [-0.25, -0.2) is 0 Å². The maximum absolute atomic E-state index is 11.5. The molecular weight excluding hydrogens is 292 g/mol. The zero-order valence-corrected chi connectivity index (χ0v) is 13.3. The minimum Gasteiger partial charge on any atom is -0.497 e. The molecule has 0 fully saturated rings. The number of methoxy groups -OCH3 is 1. The van der Waals surface area contributed by atoms with Crippen LogP contribution >= 0.6 is 12.4 Å². The molecule has 0 saturated heterocycles. The SMILES string of the molecule is COc1ccc(OCCCC(=O)NCCCCN)cc1.Cl. The van der Waals surface area contributed by atoms with Crippen LogP contribution in [0.5, 0.6) is 11.5 Å². The predicted molar refractivity (Wildman–Crippen MR) is 86.3 cm³/mol. The molecular formula is C15H25ClN2O3. The highest BCUT2D eigenvalue weighted by Gasteiger charge is 2.01. The number of nitrogens with one attached hydrogen (secondary N) is 1. The molecule has 0 aliphatic rings. The van der Waals surface area contributed by atoms with E-state index in [9.17, 15) is 4.79 Å². The van der Waals surface area contributed by atoms with Crippen molar-refractivity contribution in [3.63, 3.8) is 0 Å². The summed E-state index contributed by atoms with van der Waals surface area (Å²) in [6.45, 7) is 1.91. The summed E-state index contributed by atoms with van der Waals surface area (Å²) >= 11 is 0. The minimum absolute atomic E-state index is 0. The lowest BCUT2D eigenvalue weighted by Gasteiger charge is -2.07. The molecule has 0 aromatic heterocycles. The van der Waals surface area contributed by atoms with Gasteiger partial charge in [0.1, 0.15) is 11.5 Å². The zero-order chi connectivity index (χ0) is 14.6. The van der Waals surface area contributed by atoms with E-state index in [0.29, 0.717) is 32.5 Å². The Morgan fingerprint density at radius 2 is 1.81 bits per heavy atom. The molecule has 0 aliphatic carbocycles. The third-order valence-corrected chi connectivity index (χ3v) is 2.83. The number of benzene rings is 1. The topological polar surface area (TPSA) is 73.6 Å². The summed E-state index contributed by atoms with van der Waals surface area (Å²) in [6.07, 6.45) is 3.07. The number of nitrogens with two attached hydrogens (primary N) is 1. The molecule has 21 heavy (non-hydrogen) atoms. The van der Waals surface area contributed by atoms with Crippen molar-refractivity contribution in [2.24, 2.45) is 5.73 Å². The number of amides is 1. The van der Waals surface area contributed by atoms with Crippen LogP contribution in [0.1, 0.15) is 25.7 Å². The summed E-state index contributed by atoms with van der Waals surface area (Å²) in [7, 11) is 1.63. The predicted octanol–water partition coefficient (Wildman–Crippen LogP) is 2.13. The van der Waals surface area contributed by atoms with Gasteiger partial charge in [0.2, 0.25) is 5.91 Å². The Kier molecular flexibility index (Phi) is 11.4. The van der Waals surface area contributed by atoms with Crippen molar-refractivity contribution in [2.75, 3.05) is 26.8 Å². The second-order valence-corrected chi connectivity index (χ2v) is 4.47. The Hall–Kier alpha value is -1.46. The van der Waals surface area contributed by atoms with E-state index in [1.54, 1.807) is 7.11 Å². The smallest absolute Gasteiger partial charge is 0.220 e. The van der Waals surface area contributed by atoms with Gasteiger partial charge in [-0.15, -0.1) is 12.4 Å². The first kappa shape index (κ1) is 19.5. The molecule has 1 rings (SSSR count). The molecule has 0 spiro atoms. The lowest BCUT2D eigenvalue weighted by atomic mass is 10.2. The van der Waals surface area contributed by atoms with Crippen LogP contribution < -0.4 is 20.5 Å². The molecule has 1 amide bonds. The van der Waals surface area contributed by atoms with Crippen LogP contribution in [0.3, 0.4) is 0 Å². The van der Waals surface area contributed by atoms with Crippen molar-refractivity contribution in [1.82, 2.24) is 5.32 Å². The van der Waals surface area contributed by atoms with E-state index in [1.807, 2.05) is 24.3 Å². The lowest BCUT2D eigenvalue weighted by molar-refractivity contribution is -0.121. The van der Waals surface area contributed by atoms with Gasteiger partial charge in [0.25, 0.3) is 0 Å². The number of unbranched alkanes of at least 4 members (excludes halogenated alkanes) is 1. The highest BCUT2D eigenvalue weighted by molar-refractivity contribution is 5.85. The Morgan fingerprint density at radius 3 is 2.43 bits per heavy atom. The normalized spacial score (nSPS) is 9.62. The number of hydrogen-bond donors (Lipinski definition) is 2. The molecule has 1 aromatic carbocycles. The van der Waals surface area contributed by atoms with Crippen LogP contribution in [0.4, 0.5) is 0 Å². The molecule has 0 radical (unpaired) electrons. The Bertz CT molecular complexity index is 385. The van der Waals surface area contributed by atoms with Crippen LogP contribution in [0.2, 0.25) is 0 Å². The van der Waals surface area contributed by atoms with E-state index in [4.69, 9.17) is 15.2 Å². The first-order valence-electron chi connectivity index (χ1n) is 7.00. The van der Waals surface area contributed by atoms with Crippen LogP contribution in [-0.2, 0) is 4.79 Å². The first-order chi connectivity index (χ1) is 9.76. The average molecular weight is 317 g/mol. The number of ether oxygens (including phenoxy) is 2. The van der Waals surface area contributed by atoms with Crippen molar-refractivity contribution >= 4 is 18.3 Å². The number of rotatable bonds is 10. The van der Waals surface area contributed by atoms with E-state index in [-0.39, 0.29) is 18.3 Å². The summed E-state index contributed by atoms with van der Waals surface area (Å²) in [5.74, 6) is 1.66. The van der Waals surface area contributed by atoms with Gasteiger partial charge >= 0.3 is 0 Å². The quantitative estimate of drug-likeness (QED) is 0.649. The molecule has 6 heteroatoms. The molecule has 0 heterocycles. The van der Waals surface area contributed by atoms with Crippen LogP contribution in [-0.4, -0.2) is 32.7 Å². The summed E-state index contributed by atoms with van der Waals surface area (Å²) in [5, 5.41) is 2.86.